The van der Waals surface area contributed by atoms with E-state index in [-0.39, 0.29) is 11.0 Å². The van der Waals surface area contributed by atoms with Crippen LogP contribution >= 0.6 is 12.2 Å². The molecular formula is C19H22N2O2S. The first kappa shape index (κ1) is 17.9. The van der Waals surface area contributed by atoms with Crippen LogP contribution in [0, 0.1) is 0 Å². The molecule has 0 spiro atoms. The van der Waals surface area contributed by atoms with Crippen molar-refractivity contribution in [2.45, 2.75) is 26.2 Å². The normalized spacial score (nSPS) is 10.1. The summed E-state index contributed by atoms with van der Waals surface area (Å²) >= 11 is 5.20. The number of benzene rings is 2. The summed E-state index contributed by atoms with van der Waals surface area (Å²) in [5.41, 5.74) is 2.68. The second-order valence-electron chi connectivity index (χ2n) is 5.44. The zero-order chi connectivity index (χ0) is 17.4. The third-order valence-electron chi connectivity index (χ3n) is 3.61. The van der Waals surface area contributed by atoms with Gasteiger partial charge in [0.2, 0.25) is 0 Å². The number of hydrogen-bond acceptors (Lipinski definition) is 3. The largest absolute Gasteiger partial charge is 0.497 e. The minimum atomic E-state index is -0.255. The molecule has 24 heavy (non-hydrogen) atoms. The van der Waals surface area contributed by atoms with Crippen LogP contribution in [0.2, 0.25) is 0 Å². The van der Waals surface area contributed by atoms with Gasteiger partial charge < -0.3 is 10.1 Å². The predicted octanol–water partition coefficient (Wildman–Crippen LogP) is 4.16. The van der Waals surface area contributed by atoms with Gasteiger partial charge in [0.05, 0.1) is 7.11 Å². The molecular weight excluding hydrogens is 320 g/mol. The van der Waals surface area contributed by atoms with Crippen LogP contribution in [-0.4, -0.2) is 18.1 Å². The Balaban J connectivity index is 1.88. The molecule has 0 radical (unpaired) electrons. The molecule has 2 N–H and O–H groups in total. The van der Waals surface area contributed by atoms with Gasteiger partial charge in [0.25, 0.3) is 5.91 Å². The summed E-state index contributed by atoms with van der Waals surface area (Å²) in [4.78, 5) is 12.1. The highest BCUT2D eigenvalue weighted by molar-refractivity contribution is 7.80. The Hall–Kier alpha value is -2.40. The van der Waals surface area contributed by atoms with E-state index >= 15 is 0 Å². The molecule has 0 aliphatic heterocycles. The Kier molecular flexibility index (Phi) is 6.75. The molecule has 0 atom stereocenters. The second-order valence-corrected chi connectivity index (χ2v) is 5.85. The van der Waals surface area contributed by atoms with Crippen molar-refractivity contribution in [2.75, 3.05) is 12.4 Å². The molecule has 5 heteroatoms. The number of carbonyl (C=O) groups is 1. The van der Waals surface area contributed by atoms with Crippen molar-refractivity contribution in [1.29, 1.82) is 0 Å². The fraction of sp³-hybridized carbons (Fsp3) is 0.263. The van der Waals surface area contributed by atoms with Gasteiger partial charge in [-0.1, -0.05) is 25.5 Å². The van der Waals surface area contributed by atoms with Gasteiger partial charge in [-0.25, -0.2) is 0 Å². The molecule has 2 aromatic rings. The van der Waals surface area contributed by atoms with E-state index in [0.29, 0.717) is 11.3 Å². The Morgan fingerprint density at radius 2 is 1.75 bits per heavy atom. The fourth-order valence-corrected chi connectivity index (χ4v) is 2.43. The van der Waals surface area contributed by atoms with Gasteiger partial charge in [-0.15, -0.1) is 0 Å². The highest BCUT2D eigenvalue weighted by atomic mass is 32.1. The third-order valence-corrected chi connectivity index (χ3v) is 3.81. The van der Waals surface area contributed by atoms with Gasteiger partial charge in [0.15, 0.2) is 5.11 Å². The van der Waals surface area contributed by atoms with Crippen molar-refractivity contribution in [3.8, 4) is 5.75 Å². The molecule has 0 aliphatic rings. The van der Waals surface area contributed by atoms with Gasteiger partial charge in [0.1, 0.15) is 5.75 Å². The first-order chi connectivity index (χ1) is 11.6. The molecule has 0 heterocycles. The molecule has 2 aromatic carbocycles. The molecule has 0 saturated carbocycles. The first-order valence-electron chi connectivity index (χ1n) is 7.97. The second kappa shape index (κ2) is 9.03. The molecule has 0 unspecified atom stereocenters. The lowest BCUT2D eigenvalue weighted by molar-refractivity contribution is 0.0977. The fourth-order valence-electron chi connectivity index (χ4n) is 2.22. The Morgan fingerprint density at radius 1 is 1.08 bits per heavy atom. The maximum absolute atomic E-state index is 12.1. The topological polar surface area (TPSA) is 50.4 Å². The van der Waals surface area contributed by atoms with E-state index in [0.717, 1.165) is 12.1 Å². The van der Waals surface area contributed by atoms with Crippen LogP contribution in [-0.2, 0) is 6.42 Å². The predicted molar refractivity (Wildman–Crippen MR) is 102 cm³/mol. The molecule has 126 valence electrons. The maximum Gasteiger partial charge on any atom is 0.257 e. The van der Waals surface area contributed by atoms with Crippen LogP contribution in [0.5, 0.6) is 5.75 Å². The highest BCUT2D eigenvalue weighted by Crippen LogP contribution is 2.13. The van der Waals surface area contributed by atoms with Crippen LogP contribution in [0.25, 0.3) is 0 Å². The minimum absolute atomic E-state index is 0.255. The number of anilines is 1. The summed E-state index contributed by atoms with van der Waals surface area (Å²) in [7, 11) is 1.58. The van der Waals surface area contributed by atoms with Crippen LogP contribution in [0.4, 0.5) is 5.69 Å². The number of rotatable bonds is 6. The van der Waals surface area contributed by atoms with Crippen LogP contribution in [0.15, 0.2) is 48.5 Å². The average Bonchev–Trinajstić information content (AvgIpc) is 2.61. The standard InChI is InChI=1S/C19H22N2O2S/c1-3-4-5-14-6-10-16(11-7-14)20-19(24)21-18(22)15-8-12-17(23-2)13-9-15/h6-13H,3-5H2,1-2H3,(H2,20,21,22,24). The number of aryl methyl sites for hydroxylation is 1. The van der Waals surface area contributed by atoms with Crippen molar-refractivity contribution >= 4 is 28.9 Å². The number of carbonyl (C=O) groups excluding carboxylic acids is 1. The molecule has 0 saturated heterocycles. The molecule has 0 bridgehead atoms. The summed E-state index contributed by atoms with van der Waals surface area (Å²) < 4.78 is 5.07. The molecule has 0 fully saturated rings. The average molecular weight is 342 g/mol. The van der Waals surface area contributed by atoms with Gasteiger partial charge in [-0.3, -0.25) is 10.1 Å². The zero-order valence-corrected chi connectivity index (χ0v) is 14.8. The van der Waals surface area contributed by atoms with Gasteiger partial charge in [-0.05, 0) is 67.0 Å². The number of amides is 1. The van der Waals surface area contributed by atoms with Gasteiger partial charge in [-0.2, -0.15) is 0 Å². The third kappa shape index (κ3) is 5.35. The van der Waals surface area contributed by atoms with E-state index in [1.54, 1.807) is 31.4 Å². The van der Waals surface area contributed by atoms with Crippen molar-refractivity contribution in [3.05, 3.63) is 59.7 Å². The number of methoxy groups -OCH3 is 1. The number of thiocarbonyl (C=S) groups is 1. The molecule has 0 aromatic heterocycles. The summed E-state index contributed by atoms with van der Waals surface area (Å²) in [6, 6.07) is 14.9. The SMILES string of the molecule is CCCCc1ccc(NC(=S)NC(=O)c2ccc(OC)cc2)cc1. The zero-order valence-electron chi connectivity index (χ0n) is 14.0. The highest BCUT2D eigenvalue weighted by Gasteiger charge is 2.08. The first-order valence-corrected chi connectivity index (χ1v) is 8.38. The Morgan fingerprint density at radius 3 is 2.33 bits per heavy atom. The maximum atomic E-state index is 12.1. The lowest BCUT2D eigenvalue weighted by Crippen LogP contribution is -2.34. The monoisotopic (exact) mass is 342 g/mol. The number of hydrogen-bond donors (Lipinski definition) is 2. The van der Waals surface area contributed by atoms with Gasteiger partial charge in [0, 0.05) is 11.3 Å². The lowest BCUT2D eigenvalue weighted by Gasteiger charge is -2.10. The van der Waals surface area contributed by atoms with E-state index in [1.807, 2.05) is 12.1 Å². The quantitative estimate of drug-likeness (QED) is 0.774. The van der Waals surface area contributed by atoms with Gasteiger partial charge >= 0.3 is 0 Å². The van der Waals surface area contributed by atoms with Crippen molar-refractivity contribution < 1.29 is 9.53 Å². The summed E-state index contributed by atoms with van der Waals surface area (Å²) in [6.45, 7) is 2.18. The summed E-state index contributed by atoms with van der Waals surface area (Å²) in [6.07, 6.45) is 3.44. The van der Waals surface area contributed by atoms with Crippen molar-refractivity contribution in [3.63, 3.8) is 0 Å². The van der Waals surface area contributed by atoms with E-state index in [4.69, 9.17) is 17.0 Å². The smallest absolute Gasteiger partial charge is 0.257 e. The molecule has 0 aliphatic carbocycles. The minimum Gasteiger partial charge on any atom is -0.497 e. The van der Waals surface area contributed by atoms with E-state index in [1.165, 1.54) is 18.4 Å². The summed E-state index contributed by atoms with van der Waals surface area (Å²) in [5, 5.41) is 5.97. The summed E-state index contributed by atoms with van der Waals surface area (Å²) in [5.74, 6) is 0.449. The molecule has 2 rings (SSSR count). The number of nitrogens with one attached hydrogen (secondary N) is 2. The van der Waals surface area contributed by atoms with E-state index < -0.39 is 0 Å². The number of unbranched alkanes of at least 4 members (excludes halogenated alkanes) is 1. The van der Waals surface area contributed by atoms with Crippen LogP contribution < -0.4 is 15.4 Å². The molecule has 1 amide bonds. The molecule has 4 nitrogen and oxygen atoms in total. The Labute approximate surface area is 148 Å². The Bertz CT molecular complexity index is 682. The number of ether oxygens (including phenoxy) is 1. The lowest BCUT2D eigenvalue weighted by atomic mass is 10.1. The van der Waals surface area contributed by atoms with Crippen molar-refractivity contribution in [1.82, 2.24) is 5.32 Å². The van der Waals surface area contributed by atoms with Crippen molar-refractivity contribution in [2.24, 2.45) is 0 Å². The van der Waals surface area contributed by atoms with Crippen LogP contribution in [0.3, 0.4) is 0 Å². The van der Waals surface area contributed by atoms with E-state index in [9.17, 15) is 4.79 Å². The van der Waals surface area contributed by atoms with Crippen LogP contribution in [0.1, 0.15) is 35.7 Å². The van der Waals surface area contributed by atoms with E-state index in [2.05, 4.69) is 29.7 Å².